The van der Waals surface area contributed by atoms with Crippen LogP contribution in [0.25, 0.3) is 11.0 Å². The summed E-state index contributed by atoms with van der Waals surface area (Å²) in [6, 6.07) is 6.46. The Bertz CT molecular complexity index is 1330. The molecule has 2 amide bonds. The highest BCUT2D eigenvalue weighted by atomic mass is 19.1. The fourth-order valence-electron chi connectivity index (χ4n) is 4.11. The predicted octanol–water partition coefficient (Wildman–Crippen LogP) is 2.88. The smallest absolute Gasteiger partial charge is 0.251 e. The number of hydrogen-bond donors (Lipinski definition) is 3. The third-order valence-electron chi connectivity index (χ3n) is 5.61. The number of carbonyl (C=O) groups is 2. The number of nitrogens with one attached hydrogen (secondary N) is 3. The summed E-state index contributed by atoms with van der Waals surface area (Å²) in [4.78, 5) is 37.0. The number of allylic oxidation sites excluding steroid dienone is 1. The van der Waals surface area contributed by atoms with Crippen molar-refractivity contribution < 1.29 is 18.4 Å². The predicted molar refractivity (Wildman–Crippen MR) is 114 cm³/mol. The van der Waals surface area contributed by atoms with Crippen LogP contribution in [0, 0.1) is 11.6 Å². The molecular formula is C23H19F2N5O2. The number of aromatic amines is 1. The maximum Gasteiger partial charge on any atom is 0.251 e. The maximum absolute atomic E-state index is 14.0. The molecule has 0 fully saturated rings. The summed E-state index contributed by atoms with van der Waals surface area (Å²) in [5.41, 5.74) is 3.41. The molecule has 2 aromatic carbocycles. The van der Waals surface area contributed by atoms with Crippen LogP contribution < -0.4 is 10.6 Å². The minimum Gasteiger partial charge on any atom is -0.348 e. The Labute approximate surface area is 181 Å². The van der Waals surface area contributed by atoms with Gasteiger partial charge in [0.25, 0.3) is 5.91 Å². The largest absolute Gasteiger partial charge is 0.348 e. The van der Waals surface area contributed by atoms with Gasteiger partial charge in [-0.05, 0) is 60.9 Å². The van der Waals surface area contributed by atoms with E-state index in [1.54, 1.807) is 19.1 Å². The number of hydrogen-bond acceptors (Lipinski definition) is 4. The number of aliphatic imine (C=N–C) groups is 1. The number of carbonyl (C=O) groups excluding carboxylic acids is 2. The van der Waals surface area contributed by atoms with Gasteiger partial charge in [0.2, 0.25) is 5.91 Å². The van der Waals surface area contributed by atoms with Crippen LogP contribution >= 0.6 is 0 Å². The van der Waals surface area contributed by atoms with Gasteiger partial charge in [0.05, 0.1) is 22.8 Å². The Hall–Kier alpha value is -3.88. The number of H-pyrrole nitrogens is 1. The van der Waals surface area contributed by atoms with Gasteiger partial charge in [-0.1, -0.05) is 0 Å². The monoisotopic (exact) mass is 435 g/mol. The molecule has 7 nitrogen and oxygen atoms in total. The summed E-state index contributed by atoms with van der Waals surface area (Å²) >= 11 is 0. The van der Waals surface area contributed by atoms with E-state index in [4.69, 9.17) is 0 Å². The lowest BCUT2D eigenvalue weighted by atomic mass is 9.98. The molecule has 0 saturated heterocycles. The van der Waals surface area contributed by atoms with Crippen molar-refractivity contribution in [2.45, 2.75) is 31.8 Å². The Morgan fingerprint density at radius 2 is 2.06 bits per heavy atom. The molecule has 5 rings (SSSR count). The number of benzene rings is 2. The molecule has 0 saturated carbocycles. The van der Waals surface area contributed by atoms with Crippen LogP contribution in [-0.4, -0.2) is 33.5 Å². The molecule has 2 atom stereocenters. The van der Waals surface area contributed by atoms with Crippen molar-refractivity contribution in [1.29, 1.82) is 0 Å². The summed E-state index contributed by atoms with van der Waals surface area (Å²) < 4.78 is 27.5. The van der Waals surface area contributed by atoms with Gasteiger partial charge in [-0.25, -0.2) is 13.8 Å². The van der Waals surface area contributed by atoms with Crippen molar-refractivity contribution in [1.82, 2.24) is 20.6 Å². The second-order valence-corrected chi connectivity index (χ2v) is 7.95. The van der Waals surface area contributed by atoms with Crippen molar-refractivity contribution in [3.05, 3.63) is 76.8 Å². The van der Waals surface area contributed by atoms with E-state index in [-0.39, 0.29) is 23.8 Å². The molecule has 2 aliphatic heterocycles. The van der Waals surface area contributed by atoms with Gasteiger partial charge < -0.3 is 15.6 Å². The van der Waals surface area contributed by atoms with Gasteiger partial charge in [0.1, 0.15) is 23.4 Å². The Balaban J connectivity index is 1.48. The first kappa shape index (κ1) is 20.0. The molecule has 2 aliphatic rings. The van der Waals surface area contributed by atoms with Crippen molar-refractivity contribution in [2.24, 2.45) is 4.99 Å². The minimum atomic E-state index is -0.795. The highest BCUT2D eigenvalue weighted by molar-refractivity contribution is 6.16. The van der Waals surface area contributed by atoms with Crippen molar-refractivity contribution in [3.63, 3.8) is 0 Å². The zero-order chi connectivity index (χ0) is 22.4. The summed E-state index contributed by atoms with van der Waals surface area (Å²) in [6.07, 6.45) is 3.34. The fourth-order valence-corrected chi connectivity index (χ4v) is 4.11. The van der Waals surface area contributed by atoms with Crippen LogP contribution in [-0.2, 0) is 17.8 Å². The molecule has 0 spiro atoms. The molecule has 162 valence electrons. The molecule has 0 bridgehead atoms. The van der Waals surface area contributed by atoms with Crippen molar-refractivity contribution in [2.75, 3.05) is 0 Å². The first-order chi connectivity index (χ1) is 15.4. The molecule has 3 aromatic rings. The Kier molecular flexibility index (Phi) is 4.80. The van der Waals surface area contributed by atoms with Gasteiger partial charge in [-0.2, -0.15) is 0 Å². The zero-order valence-corrected chi connectivity index (χ0v) is 17.1. The topological polar surface area (TPSA) is 99.2 Å². The van der Waals surface area contributed by atoms with Crippen LogP contribution in [0.4, 0.5) is 8.78 Å². The van der Waals surface area contributed by atoms with Crippen LogP contribution in [0.1, 0.15) is 40.2 Å². The average Bonchev–Trinajstić information content (AvgIpc) is 3.32. The first-order valence-electron chi connectivity index (χ1n) is 10.2. The van der Waals surface area contributed by atoms with Crippen molar-refractivity contribution in [3.8, 4) is 0 Å². The number of aromatic nitrogens is 2. The maximum atomic E-state index is 14.0. The van der Waals surface area contributed by atoms with Gasteiger partial charge in [-0.15, -0.1) is 0 Å². The molecule has 0 radical (unpaired) electrons. The third kappa shape index (κ3) is 3.55. The SMILES string of the molecule is CC(Cc1cc(F)ccc1F)N=C1C=CNC(=O)C1c1nc2cc3c(cc2[nH]1)CNC3=O. The lowest BCUT2D eigenvalue weighted by Crippen LogP contribution is -2.35. The summed E-state index contributed by atoms with van der Waals surface area (Å²) in [5, 5.41) is 5.43. The number of halogens is 2. The van der Waals surface area contributed by atoms with Gasteiger partial charge in [-0.3, -0.25) is 14.6 Å². The normalized spacial score (nSPS) is 19.8. The van der Waals surface area contributed by atoms with Crippen LogP contribution in [0.3, 0.4) is 0 Å². The highest BCUT2D eigenvalue weighted by Crippen LogP contribution is 2.27. The second-order valence-electron chi connectivity index (χ2n) is 7.95. The van der Waals surface area contributed by atoms with E-state index in [1.165, 1.54) is 6.20 Å². The summed E-state index contributed by atoms with van der Waals surface area (Å²) in [5.74, 6) is -1.87. The number of nitrogens with zero attached hydrogens (tertiary/aromatic N) is 2. The number of fused-ring (bicyclic) bond motifs is 2. The van der Waals surface area contributed by atoms with E-state index >= 15 is 0 Å². The van der Waals surface area contributed by atoms with E-state index in [9.17, 15) is 18.4 Å². The van der Waals surface area contributed by atoms with Gasteiger partial charge >= 0.3 is 0 Å². The molecule has 3 N–H and O–H groups in total. The fraction of sp³-hybridized carbons (Fsp3) is 0.217. The van der Waals surface area contributed by atoms with Gasteiger partial charge in [0.15, 0.2) is 0 Å². The standard InChI is InChI=1S/C23H19F2N5O2/c1-11(6-12-7-14(24)2-3-16(12)25)28-17-4-5-26-23(32)20(17)21-29-18-8-13-10-27-22(31)15(13)9-19(18)30-21/h2-5,7-9,11,20H,6,10H2,1H3,(H,26,32)(H,27,31)(H,29,30). The number of amides is 2. The second kappa shape index (κ2) is 7.67. The summed E-state index contributed by atoms with van der Waals surface area (Å²) in [7, 11) is 0. The lowest BCUT2D eigenvalue weighted by molar-refractivity contribution is -0.120. The minimum absolute atomic E-state index is 0.148. The van der Waals surface area contributed by atoms with Crippen LogP contribution in [0.2, 0.25) is 0 Å². The van der Waals surface area contributed by atoms with E-state index in [0.29, 0.717) is 34.7 Å². The average molecular weight is 435 g/mol. The highest BCUT2D eigenvalue weighted by Gasteiger charge is 2.31. The summed E-state index contributed by atoms with van der Waals surface area (Å²) in [6.45, 7) is 2.22. The van der Waals surface area contributed by atoms with E-state index in [2.05, 4.69) is 25.6 Å². The Morgan fingerprint density at radius 1 is 1.22 bits per heavy atom. The molecule has 3 heterocycles. The van der Waals surface area contributed by atoms with Gasteiger partial charge in [0, 0.05) is 18.3 Å². The molecule has 2 unspecified atom stereocenters. The Morgan fingerprint density at radius 3 is 2.91 bits per heavy atom. The van der Waals surface area contributed by atoms with E-state index in [1.807, 2.05) is 6.07 Å². The van der Waals surface area contributed by atoms with Crippen molar-refractivity contribution >= 4 is 28.6 Å². The third-order valence-corrected chi connectivity index (χ3v) is 5.61. The first-order valence-corrected chi connectivity index (χ1v) is 10.2. The number of rotatable bonds is 4. The van der Waals surface area contributed by atoms with Crippen LogP contribution in [0.15, 0.2) is 47.6 Å². The molecule has 9 heteroatoms. The lowest BCUT2D eigenvalue weighted by Gasteiger charge is -2.19. The quantitative estimate of drug-likeness (QED) is 0.588. The molecule has 32 heavy (non-hydrogen) atoms. The van der Waals surface area contributed by atoms with Crippen LogP contribution in [0.5, 0.6) is 0 Å². The molecule has 0 aliphatic carbocycles. The van der Waals surface area contributed by atoms with E-state index < -0.39 is 23.6 Å². The molecule has 1 aromatic heterocycles. The zero-order valence-electron chi connectivity index (χ0n) is 17.1. The number of imidazole rings is 1. The molecular weight excluding hydrogens is 416 g/mol. The van der Waals surface area contributed by atoms with E-state index in [0.717, 1.165) is 23.8 Å².